The summed E-state index contributed by atoms with van der Waals surface area (Å²) in [6.07, 6.45) is -0.193. The van der Waals surface area contributed by atoms with Gasteiger partial charge in [-0.2, -0.15) is 0 Å². The SMILES string of the molecule is CC(C)(C)OC(=O)N[C@H]1CC(=O)N(c2ccc(CBr)cc2)C1. The van der Waals surface area contributed by atoms with E-state index in [2.05, 4.69) is 21.2 Å². The molecular weight excluding hydrogens is 348 g/mol. The van der Waals surface area contributed by atoms with E-state index in [1.807, 2.05) is 45.0 Å². The van der Waals surface area contributed by atoms with Gasteiger partial charge < -0.3 is 15.0 Å². The van der Waals surface area contributed by atoms with Gasteiger partial charge in [-0.1, -0.05) is 28.1 Å². The molecule has 0 unspecified atom stereocenters. The van der Waals surface area contributed by atoms with Gasteiger partial charge in [0, 0.05) is 24.0 Å². The Morgan fingerprint density at radius 3 is 2.55 bits per heavy atom. The Morgan fingerprint density at radius 2 is 2.00 bits per heavy atom. The minimum atomic E-state index is -0.544. The summed E-state index contributed by atoms with van der Waals surface area (Å²) in [4.78, 5) is 25.6. The third-order valence-corrected chi connectivity index (χ3v) is 3.90. The number of nitrogens with zero attached hydrogens (tertiary/aromatic N) is 1. The summed E-state index contributed by atoms with van der Waals surface area (Å²) < 4.78 is 5.22. The number of ether oxygens (including phenoxy) is 1. The number of alkyl halides is 1. The van der Waals surface area contributed by atoms with Crippen LogP contribution in [0.3, 0.4) is 0 Å². The number of alkyl carbamates (subject to hydrolysis) is 1. The zero-order valence-corrected chi connectivity index (χ0v) is 14.6. The molecule has 1 heterocycles. The molecule has 0 aromatic heterocycles. The molecule has 1 saturated heterocycles. The number of halogens is 1. The van der Waals surface area contributed by atoms with E-state index in [1.54, 1.807) is 4.90 Å². The largest absolute Gasteiger partial charge is 0.444 e. The summed E-state index contributed by atoms with van der Waals surface area (Å²) in [5, 5.41) is 3.54. The van der Waals surface area contributed by atoms with Crippen molar-refractivity contribution in [3.05, 3.63) is 29.8 Å². The van der Waals surface area contributed by atoms with Crippen LogP contribution in [-0.4, -0.2) is 30.2 Å². The lowest BCUT2D eigenvalue weighted by atomic mass is 10.2. The van der Waals surface area contributed by atoms with Crippen molar-refractivity contribution in [2.75, 3.05) is 11.4 Å². The van der Waals surface area contributed by atoms with Crippen molar-refractivity contribution >= 4 is 33.6 Å². The minimum absolute atomic E-state index is 0.00708. The van der Waals surface area contributed by atoms with E-state index in [0.29, 0.717) is 13.0 Å². The summed E-state index contributed by atoms with van der Waals surface area (Å²) in [5.41, 5.74) is 1.46. The maximum absolute atomic E-state index is 12.1. The summed E-state index contributed by atoms with van der Waals surface area (Å²) >= 11 is 3.40. The Balaban J connectivity index is 1.97. The van der Waals surface area contributed by atoms with E-state index >= 15 is 0 Å². The third-order valence-electron chi connectivity index (χ3n) is 3.25. The Kier molecular flexibility index (Phi) is 5.11. The van der Waals surface area contributed by atoms with Gasteiger partial charge in [0.15, 0.2) is 0 Å². The zero-order chi connectivity index (χ0) is 16.3. The topological polar surface area (TPSA) is 58.6 Å². The van der Waals surface area contributed by atoms with Crippen molar-refractivity contribution in [3.63, 3.8) is 0 Å². The molecule has 2 amide bonds. The molecule has 1 atom stereocenters. The lowest BCUT2D eigenvalue weighted by Gasteiger charge is -2.22. The minimum Gasteiger partial charge on any atom is -0.444 e. The highest BCUT2D eigenvalue weighted by Crippen LogP contribution is 2.23. The Labute approximate surface area is 139 Å². The summed E-state index contributed by atoms with van der Waals surface area (Å²) in [6.45, 7) is 5.89. The molecular formula is C16H21BrN2O3. The van der Waals surface area contributed by atoms with Crippen molar-refractivity contribution in [2.45, 2.75) is 44.2 Å². The second-order valence-electron chi connectivity index (χ2n) is 6.35. The first-order chi connectivity index (χ1) is 10.3. The molecule has 0 aliphatic carbocycles. The zero-order valence-electron chi connectivity index (χ0n) is 13.1. The highest BCUT2D eigenvalue weighted by Gasteiger charge is 2.32. The molecule has 0 spiro atoms. The van der Waals surface area contributed by atoms with Crippen LogP contribution in [0.4, 0.5) is 10.5 Å². The molecule has 1 aromatic carbocycles. The van der Waals surface area contributed by atoms with E-state index in [-0.39, 0.29) is 11.9 Å². The standard InChI is InChI=1S/C16H21BrN2O3/c1-16(2,3)22-15(21)18-12-8-14(20)19(10-12)13-6-4-11(9-17)5-7-13/h4-7,12H,8-10H2,1-3H3,(H,18,21)/t12-/m0/s1. The van der Waals surface area contributed by atoms with Gasteiger partial charge in [0.2, 0.25) is 5.91 Å². The number of nitrogens with one attached hydrogen (secondary N) is 1. The van der Waals surface area contributed by atoms with Crippen molar-refractivity contribution in [1.29, 1.82) is 0 Å². The molecule has 0 radical (unpaired) electrons. The predicted octanol–water partition coefficient (Wildman–Crippen LogP) is 3.21. The van der Waals surface area contributed by atoms with Gasteiger partial charge in [0.05, 0.1) is 6.04 Å². The van der Waals surface area contributed by atoms with Gasteiger partial charge >= 0.3 is 6.09 Å². The number of hydrogen-bond donors (Lipinski definition) is 1. The molecule has 1 fully saturated rings. The molecule has 120 valence electrons. The van der Waals surface area contributed by atoms with Gasteiger partial charge in [-0.15, -0.1) is 0 Å². The lowest BCUT2D eigenvalue weighted by molar-refractivity contribution is -0.117. The first-order valence-electron chi connectivity index (χ1n) is 7.23. The summed E-state index contributed by atoms with van der Waals surface area (Å²) in [6, 6.07) is 7.57. The molecule has 1 aromatic rings. The van der Waals surface area contributed by atoms with Crippen LogP contribution in [0.15, 0.2) is 24.3 Å². The van der Waals surface area contributed by atoms with E-state index in [4.69, 9.17) is 4.74 Å². The predicted molar refractivity (Wildman–Crippen MR) is 89.2 cm³/mol. The first kappa shape index (κ1) is 16.8. The van der Waals surface area contributed by atoms with Gasteiger partial charge in [-0.05, 0) is 38.5 Å². The highest BCUT2D eigenvalue weighted by atomic mass is 79.9. The molecule has 1 N–H and O–H groups in total. The van der Waals surface area contributed by atoms with Crippen LogP contribution >= 0.6 is 15.9 Å². The van der Waals surface area contributed by atoms with E-state index < -0.39 is 11.7 Å². The van der Waals surface area contributed by atoms with Crippen molar-refractivity contribution in [3.8, 4) is 0 Å². The van der Waals surface area contributed by atoms with Gasteiger partial charge in [-0.25, -0.2) is 4.79 Å². The molecule has 1 aliphatic heterocycles. The number of carbonyl (C=O) groups excluding carboxylic acids is 2. The van der Waals surface area contributed by atoms with Crippen molar-refractivity contribution in [2.24, 2.45) is 0 Å². The van der Waals surface area contributed by atoms with E-state index in [0.717, 1.165) is 16.6 Å². The molecule has 22 heavy (non-hydrogen) atoms. The second-order valence-corrected chi connectivity index (χ2v) is 6.91. The lowest BCUT2D eigenvalue weighted by Crippen LogP contribution is -2.40. The average Bonchev–Trinajstić information content (AvgIpc) is 2.77. The Hall–Kier alpha value is -1.56. The van der Waals surface area contributed by atoms with Crippen LogP contribution in [0.25, 0.3) is 0 Å². The van der Waals surface area contributed by atoms with Crippen LogP contribution in [-0.2, 0) is 14.9 Å². The maximum Gasteiger partial charge on any atom is 0.407 e. The fraction of sp³-hybridized carbons (Fsp3) is 0.500. The van der Waals surface area contributed by atoms with Gasteiger partial charge in [0.25, 0.3) is 0 Å². The van der Waals surface area contributed by atoms with Crippen molar-refractivity contribution < 1.29 is 14.3 Å². The quantitative estimate of drug-likeness (QED) is 0.833. The number of anilines is 1. The third kappa shape index (κ3) is 4.47. The van der Waals surface area contributed by atoms with Crippen molar-refractivity contribution in [1.82, 2.24) is 5.32 Å². The second kappa shape index (κ2) is 6.69. The number of hydrogen-bond acceptors (Lipinski definition) is 3. The Bertz CT molecular complexity index is 552. The van der Waals surface area contributed by atoms with E-state index in [9.17, 15) is 9.59 Å². The van der Waals surface area contributed by atoms with Crippen LogP contribution in [0, 0.1) is 0 Å². The highest BCUT2D eigenvalue weighted by molar-refractivity contribution is 9.08. The molecule has 5 nitrogen and oxygen atoms in total. The molecule has 0 bridgehead atoms. The Morgan fingerprint density at radius 1 is 1.36 bits per heavy atom. The number of benzene rings is 1. The fourth-order valence-corrected chi connectivity index (χ4v) is 2.67. The van der Waals surface area contributed by atoms with Crippen LogP contribution < -0.4 is 10.2 Å². The van der Waals surface area contributed by atoms with Gasteiger partial charge in [-0.3, -0.25) is 4.79 Å². The first-order valence-corrected chi connectivity index (χ1v) is 8.35. The average molecular weight is 369 g/mol. The van der Waals surface area contributed by atoms with Gasteiger partial charge in [0.1, 0.15) is 5.60 Å². The molecule has 6 heteroatoms. The van der Waals surface area contributed by atoms with E-state index in [1.165, 1.54) is 0 Å². The number of carbonyl (C=O) groups is 2. The normalized spacial score (nSPS) is 18.5. The monoisotopic (exact) mass is 368 g/mol. The molecule has 0 saturated carbocycles. The summed E-state index contributed by atoms with van der Waals surface area (Å²) in [7, 11) is 0. The number of amides is 2. The summed E-state index contributed by atoms with van der Waals surface area (Å²) in [5.74, 6) is 0.00708. The smallest absolute Gasteiger partial charge is 0.407 e. The van der Waals surface area contributed by atoms with Crippen LogP contribution in [0.1, 0.15) is 32.8 Å². The van der Waals surface area contributed by atoms with Crippen LogP contribution in [0.2, 0.25) is 0 Å². The number of rotatable bonds is 3. The maximum atomic E-state index is 12.1. The fourth-order valence-electron chi connectivity index (χ4n) is 2.29. The molecule has 1 aliphatic rings. The van der Waals surface area contributed by atoms with Crippen LogP contribution in [0.5, 0.6) is 0 Å². The molecule has 2 rings (SSSR count).